The maximum absolute atomic E-state index is 12.3. The molecule has 32 heavy (non-hydrogen) atoms. The zero-order chi connectivity index (χ0) is 22.8. The average Bonchev–Trinajstić information content (AvgIpc) is 2.83. The van der Waals surface area contributed by atoms with E-state index in [1.54, 1.807) is 20.3 Å². The first kappa shape index (κ1) is 22.9. The number of ether oxygens (including phenoxy) is 3. The molecule has 0 saturated heterocycles. The van der Waals surface area contributed by atoms with Crippen LogP contribution in [0.25, 0.3) is 0 Å². The molecule has 0 fully saturated rings. The monoisotopic (exact) mass is 433 g/mol. The third-order valence-electron chi connectivity index (χ3n) is 4.92. The molecule has 0 spiro atoms. The van der Waals surface area contributed by atoms with Crippen molar-refractivity contribution >= 4 is 17.6 Å². The molecule has 0 atom stereocenters. The Labute approximate surface area is 188 Å². The standard InChI is InChI=1S/C26H27NO5/c1-30-22-15-20(16-23(17-22)31-2)12-13-26(29)32-18-25(28)27-24-11-7-6-10-21(24)14-19-8-4-3-5-9-19/h3-11,15-17H,12-14,18H2,1-2H3,(H,27,28). The molecule has 3 rings (SSSR count). The van der Waals surface area contributed by atoms with Crippen LogP contribution in [0.4, 0.5) is 5.69 Å². The van der Waals surface area contributed by atoms with Gasteiger partial charge in [0.05, 0.1) is 14.2 Å². The largest absolute Gasteiger partial charge is 0.497 e. The highest BCUT2D eigenvalue weighted by molar-refractivity contribution is 5.93. The molecule has 0 aliphatic heterocycles. The second-order valence-corrected chi connectivity index (χ2v) is 7.25. The predicted octanol–water partition coefficient (Wildman–Crippen LogP) is 4.41. The third-order valence-corrected chi connectivity index (χ3v) is 4.92. The predicted molar refractivity (Wildman–Crippen MR) is 123 cm³/mol. The minimum atomic E-state index is -0.445. The van der Waals surface area contributed by atoms with E-state index in [0.717, 1.165) is 16.7 Å². The second kappa shape index (κ2) is 11.6. The van der Waals surface area contributed by atoms with E-state index in [9.17, 15) is 9.59 Å². The van der Waals surface area contributed by atoms with Crippen LogP contribution in [0.3, 0.4) is 0 Å². The van der Waals surface area contributed by atoms with Crippen molar-refractivity contribution in [1.29, 1.82) is 0 Å². The minimum Gasteiger partial charge on any atom is -0.497 e. The van der Waals surface area contributed by atoms with E-state index in [2.05, 4.69) is 5.32 Å². The molecule has 3 aromatic carbocycles. The Bertz CT molecular complexity index is 1030. The number of amides is 1. The van der Waals surface area contributed by atoms with Gasteiger partial charge in [0.1, 0.15) is 11.5 Å². The van der Waals surface area contributed by atoms with Gasteiger partial charge in [-0.25, -0.2) is 0 Å². The minimum absolute atomic E-state index is 0.147. The molecule has 0 aromatic heterocycles. The molecule has 3 aromatic rings. The lowest BCUT2D eigenvalue weighted by atomic mass is 10.0. The van der Waals surface area contributed by atoms with E-state index in [4.69, 9.17) is 14.2 Å². The zero-order valence-corrected chi connectivity index (χ0v) is 18.3. The van der Waals surface area contributed by atoms with E-state index < -0.39 is 5.97 Å². The summed E-state index contributed by atoms with van der Waals surface area (Å²) in [6, 6.07) is 23.1. The number of methoxy groups -OCH3 is 2. The number of nitrogens with one attached hydrogen (secondary N) is 1. The number of benzene rings is 3. The van der Waals surface area contributed by atoms with Gasteiger partial charge < -0.3 is 19.5 Å². The molecule has 0 radical (unpaired) electrons. The fourth-order valence-corrected chi connectivity index (χ4v) is 3.27. The van der Waals surface area contributed by atoms with E-state index in [0.29, 0.717) is 30.0 Å². The van der Waals surface area contributed by atoms with E-state index in [1.807, 2.05) is 66.7 Å². The number of para-hydroxylation sites is 1. The topological polar surface area (TPSA) is 73.9 Å². The maximum atomic E-state index is 12.3. The highest BCUT2D eigenvalue weighted by atomic mass is 16.5. The fourth-order valence-electron chi connectivity index (χ4n) is 3.27. The van der Waals surface area contributed by atoms with Gasteiger partial charge in [0.25, 0.3) is 5.91 Å². The normalized spacial score (nSPS) is 10.3. The number of rotatable bonds is 10. The van der Waals surface area contributed by atoms with Crippen molar-refractivity contribution in [3.8, 4) is 11.5 Å². The average molecular weight is 434 g/mol. The van der Waals surface area contributed by atoms with Gasteiger partial charge in [0.15, 0.2) is 6.61 Å². The number of carbonyl (C=O) groups is 2. The van der Waals surface area contributed by atoms with Crippen molar-refractivity contribution < 1.29 is 23.8 Å². The molecular formula is C26H27NO5. The third kappa shape index (κ3) is 6.87. The summed E-state index contributed by atoms with van der Waals surface area (Å²) in [5.41, 5.74) is 3.73. The smallest absolute Gasteiger partial charge is 0.306 e. The van der Waals surface area contributed by atoms with E-state index in [-0.39, 0.29) is 18.9 Å². The second-order valence-electron chi connectivity index (χ2n) is 7.25. The Kier molecular flexibility index (Phi) is 8.26. The molecule has 0 bridgehead atoms. The highest BCUT2D eigenvalue weighted by Gasteiger charge is 2.11. The SMILES string of the molecule is COc1cc(CCC(=O)OCC(=O)Nc2ccccc2Cc2ccccc2)cc(OC)c1. The van der Waals surface area contributed by atoms with Crippen LogP contribution in [-0.2, 0) is 27.2 Å². The Morgan fingerprint density at radius 2 is 1.47 bits per heavy atom. The summed E-state index contributed by atoms with van der Waals surface area (Å²) in [7, 11) is 3.15. The molecule has 0 aliphatic carbocycles. The van der Waals surface area contributed by atoms with Crippen molar-refractivity contribution in [3.05, 3.63) is 89.5 Å². The fraction of sp³-hybridized carbons (Fsp3) is 0.231. The summed E-state index contributed by atoms with van der Waals surface area (Å²) in [5.74, 6) is 0.490. The van der Waals surface area contributed by atoms with Crippen LogP contribution in [0.1, 0.15) is 23.1 Å². The molecule has 0 unspecified atom stereocenters. The van der Waals surface area contributed by atoms with Crippen molar-refractivity contribution in [1.82, 2.24) is 0 Å². The van der Waals surface area contributed by atoms with Crippen LogP contribution in [0.5, 0.6) is 11.5 Å². The lowest BCUT2D eigenvalue weighted by Gasteiger charge is -2.12. The van der Waals surface area contributed by atoms with Gasteiger partial charge in [-0.3, -0.25) is 9.59 Å². The Hall–Kier alpha value is -3.80. The van der Waals surface area contributed by atoms with Crippen LogP contribution >= 0.6 is 0 Å². The van der Waals surface area contributed by atoms with Crippen molar-refractivity contribution in [2.45, 2.75) is 19.3 Å². The van der Waals surface area contributed by atoms with Crippen molar-refractivity contribution in [2.75, 3.05) is 26.1 Å². The lowest BCUT2D eigenvalue weighted by Crippen LogP contribution is -2.21. The number of carbonyl (C=O) groups excluding carboxylic acids is 2. The first-order chi connectivity index (χ1) is 15.6. The Balaban J connectivity index is 1.50. The maximum Gasteiger partial charge on any atom is 0.306 e. The Morgan fingerprint density at radius 3 is 2.16 bits per heavy atom. The molecule has 0 heterocycles. The van der Waals surface area contributed by atoms with E-state index in [1.165, 1.54) is 0 Å². The molecule has 0 aliphatic rings. The quantitative estimate of drug-likeness (QED) is 0.480. The number of hydrogen-bond donors (Lipinski definition) is 1. The number of aryl methyl sites for hydroxylation is 1. The number of esters is 1. The summed E-state index contributed by atoms with van der Waals surface area (Å²) in [6.45, 7) is -0.333. The van der Waals surface area contributed by atoms with Gasteiger partial charge in [-0.15, -0.1) is 0 Å². The number of anilines is 1. The summed E-state index contributed by atoms with van der Waals surface area (Å²) < 4.78 is 15.6. The van der Waals surface area contributed by atoms with Gasteiger partial charge >= 0.3 is 5.97 Å². The van der Waals surface area contributed by atoms with Gasteiger partial charge in [-0.2, -0.15) is 0 Å². The summed E-state index contributed by atoms with van der Waals surface area (Å²) in [6.07, 6.45) is 1.29. The summed E-state index contributed by atoms with van der Waals surface area (Å²) in [4.78, 5) is 24.5. The zero-order valence-electron chi connectivity index (χ0n) is 18.3. The summed E-state index contributed by atoms with van der Waals surface area (Å²) in [5, 5.41) is 2.84. The highest BCUT2D eigenvalue weighted by Crippen LogP contribution is 2.23. The van der Waals surface area contributed by atoms with E-state index >= 15 is 0 Å². The van der Waals surface area contributed by atoms with Gasteiger partial charge in [-0.05, 0) is 47.7 Å². The van der Waals surface area contributed by atoms with Gasteiger partial charge in [0.2, 0.25) is 0 Å². The molecule has 0 saturated carbocycles. The summed E-state index contributed by atoms with van der Waals surface area (Å²) >= 11 is 0. The van der Waals surface area contributed by atoms with Gasteiger partial charge in [-0.1, -0.05) is 48.5 Å². The molecule has 1 N–H and O–H groups in total. The first-order valence-corrected chi connectivity index (χ1v) is 10.4. The number of hydrogen-bond acceptors (Lipinski definition) is 5. The molecular weight excluding hydrogens is 406 g/mol. The molecule has 1 amide bonds. The first-order valence-electron chi connectivity index (χ1n) is 10.4. The van der Waals surface area contributed by atoms with Crippen molar-refractivity contribution in [2.24, 2.45) is 0 Å². The van der Waals surface area contributed by atoms with Crippen LogP contribution in [0.15, 0.2) is 72.8 Å². The van der Waals surface area contributed by atoms with Crippen LogP contribution in [-0.4, -0.2) is 32.7 Å². The van der Waals surface area contributed by atoms with Gasteiger partial charge in [0, 0.05) is 18.2 Å². The van der Waals surface area contributed by atoms with Crippen LogP contribution in [0.2, 0.25) is 0 Å². The van der Waals surface area contributed by atoms with Crippen LogP contribution in [0, 0.1) is 0 Å². The Morgan fingerprint density at radius 1 is 0.812 bits per heavy atom. The molecule has 166 valence electrons. The van der Waals surface area contributed by atoms with Crippen molar-refractivity contribution in [3.63, 3.8) is 0 Å². The molecule has 6 nitrogen and oxygen atoms in total. The lowest BCUT2D eigenvalue weighted by molar-refractivity contribution is -0.147. The van der Waals surface area contributed by atoms with Crippen LogP contribution < -0.4 is 14.8 Å². The molecule has 6 heteroatoms.